The number of hydrogen-bond donors (Lipinski definition) is 2. The number of alkyl halides is 3. The minimum atomic E-state index is -4.47. The summed E-state index contributed by atoms with van der Waals surface area (Å²) in [5.41, 5.74) is -0.859. The fourth-order valence-electron chi connectivity index (χ4n) is 2.51. The molecule has 1 saturated carbocycles. The average Bonchev–Trinajstić information content (AvgIpc) is 2.75. The summed E-state index contributed by atoms with van der Waals surface area (Å²) in [7, 11) is 0. The first-order valence-electron chi connectivity index (χ1n) is 6.15. The fourth-order valence-corrected chi connectivity index (χ4v) is 2.87. The Bertz CT molecular complexity index is 519. The van der Waals surface area contributed by atoms with Crippen LogP contribution < -0.4 is 5.32 Å². The Morgan fingerprint density at radius 2 is 2.05 bits per heavy atom. The van der Waals surface area contributed by atoms with Crippen molar-refractivity contribution in [2.45, 2.75) is 31.5 Å². The molecule has 2 atom stereocenters. The summed E-state index contributed by atoms with van der Waals surface area (Å²) in [5, 5.41) is 11.8. The van der Waals surface area contributed by atoms with Gasteiger partial charge in [-0.1, -0.05) is 22.4 Å². The van der Waals surface area contributed by atoms with Gasteiger partial charge < -0.3 is 10.4 Å². The number of carbonyl (C=O) groups is 1. The number of nitrogens with one attached hydrogen (secondary N) is 1. The molecule has 0 bridgehead atoms. The summed E-state index contributed by atoms with van der Waals surface area (Å²) in [6.07, 6.45) is -2.73. The molecule has 0 spiro atoms. The number of anilines is 1. The zero-order chi connectivity index (χ0) is 14.9. The maximum Gasteiger partial charge on any atom is 0.418 e. The Balaban J connectivity index is 2.28. The molecule has 0 aliphatic heterocycles. The Labute approximate surface area is 122 Å². The second-order valence-corrected chi connectivity index (χ2v) is 5.73. The summed E-state index contributed by atoms with van der Waals surface area (Å²) in [4.78, 5) is 11.1. The first kappa shape index (κ1) is 15.2. The summed E-state index contributed by atoms with van der Waals surface area (Å²) in [5.74, 6) is -1.61. The highest BCUT2D eigenvalue weighted by Gasteiger charge is 2.37. The third-order valence-electron chi connectivity index (χ3n) is 3.46. The summed E-state index contributed by atoms with van der Waals surface area (Å²) in [6, 6.07) is 3.16. The predicted octanol–water partition coefficient (Wildman–Crippen LogP) is 4.13. The van der Waals surface area contributed by atoms with Crippen LogP contribution >= 0.6 is 15.9 Å². The van der Waals surface area contributed by atoms with Gasteiger partial charge in [-0.2, -0.15) is 13.2 Å². The number of carboxylic acids is 1. The van der Waals surface area contributed by atoms with Crippen LogP contribution in [0.3, 0.4) is 0 Å². The molecule has 0 heterocycles. The van der Waals surface area contributed by atoms with Crippen molar-refractivity contribution in [3.05, 3.63) is 28.2 Å². The molecule has 1 aromatic carbocycles. The van der Waals surface area contributed by atoms with E-state index in [1.54, 1.807) is 0 Å². The van der Waals surface area contributed by atoms with Gasteiger partial charge in [0.25, 0.3) is 0 Å². The summed E-state index contributed by atoms with van der Waals surface area (Å²) in [6.45, 7) is 0. The van der Waals surface area contributed by atoms with E-state index in [4.69, 9.17) is 5.11 Å². The monoisotopic (exact) mass is 351 g/mol. The molecule has 2 unspecified atom stereocenters. The Hall–Kier alpha value is -1.24. The lowest BCUT2D eigenvalue weighted by atomic mass is 10.0. The van der Waals surface area contributed by atoms with Gasteiger partial charge in [-0.25, -0.2) is 0 Å². The van der Waals surface area contributed by atoms with Crippen molar-refractivity contribution in [1.82, 2.24) is 0 Å². The van der Waals surface area contributed by atoms with Crippen molar-refractivity contribution in [3.63, 3.8) is 0 Å². The van der Waals surface area contributed by atoms with Crippen LogP contribution in [0.2, 0.25) is 0 Å². The minimum absolute atomic E-state index is 0.0787. The van der Waals surface area contributed by atoms with Crippen LogP contribution in [0.15, 0.2) is 22.7 Å². The van der Waals surface area contributed by atoms with Crippen molar-refractivity contribution >= 4 is 27.6 Å². The number of aliphatic carboxylic acids is 1. The van der Waals surface area contributed by atoms with E-state index in [1.165, 1.54) is 12.1 Å². The molecule has 110 valence electrons. The van der Waals surface area contributed by atoms with Gasteiger partial charge in [-0.3, -0.25) is 4.79 Å². The van der Waals surface area contributed by atoms with E-state index >= 15 is 0 Å². The normalized spacial score (nSPS) is 22.8. The first-order chi connectivity index (χ1) is 9.29. The van der Waals surface area contributed by atoms with E-state index in [0.717, 1.165) is 6.07 Å². The molecule has 1 aliphatic rings. The highest BCUT2D eigenvalue weighted by molar-refractivity contribution is 9.10. The second kappa shape index (κ2) is 5.63. The Kier molecular flexibility index (Phi) is 4.27. The molecule has 1 fully saturated rings. The SMILES string of the molecule is O=C(O)C1CCCC1Nc1cc(Br)ccc1C(F)(F)F. The number of benzene rings is 1. The van der Waals surface area contributed by atoms with Crippen LogP contribution in [0.1, 0.15) is 24.8 Å². The van der Waals surface area contributed by atoms with Crippen LogP contribution in [0, 0.1) is 5.92 Å². The zero-order valence-electron chi connectivity index (χ0n) is 10.4. The summed E-state index contributed by atoms with van der Waals surface area (Å²) < 4.78 is 39.3. The number of hydrogen-bond acceptors (Lipinski definition) is 2. The highest BCUT2D eigenvalue weighted by atomic mass is 79.9. The molecule has 0 aromatic heterocycles. The van der Waals surface area contributed by atoms with Crippen LogP contribution in [0.25, 0.3) is 0 Å². The molecule has 0 amide bonds. The highest BCUT2D eigenvalue weighted by Crippen LogP contribution is 2.38. The van der Waals surface area contributed by atoms with Gasteiger partial charge in [-0.05, 0) is 31.0 Å². The number of rotatable bonds is 3. The molecule has 7 heteroatoms. The zero-order valence-corrected chi connectivity index (χ0v) is 12.0. The van der Waals surface area contributed by atoms with E-state index in [1.807, 2.05) is 0 Å². The molecular formula is C13H13BrF3NO2. The largest absolute Gasteiger partial charge is 0.481 e. The predicted molar refractivity (Wildman–Crippen MR) is 71.5 cm³/mol. The van der Waals surface area contributed by atoms with Crippen LogP contribution in [-0.2, 0) is 11.0 Å². The molecule has 1 aliphatic carbocycles. The lowest BCUT2D eigenvalue weighted by molar-refractivity contribution is -0.141. The van der Waals surface area contributed by atoms with Crippen molar-refractivity contribution in [2.24, 2.45) is 5.92 Å². The van der Waals surface area contributed by atoms with Crippen molar-refractivity contribution in [1.29, 1.82) is 0 Å². The standard InChI is InChI=1S/C13H13BrF3NO2/c14-7-4-5-9(13(15,16)17)11(6-7)18-10-3-1-2-8(10)12(19)20/h4-6,8,10,18H,1-3H2,(H,19,20). The molecule has 20 heavy (non-hydrogen) atoms. The van der Waals surface area contributed by atoms with Gasteiger partial charge >= 0.3 is 12.1 Å². The number of carboxylic acid groups (broad SMARTS) is 1. The van der Waals surface area contributed by atoms with Gasteiger partial charge in [-0.15, -0.1) is 0 Å². The van der Waals surface area contributed by atoms with E-state index < -0.39 is 29.7 Å². The van der Waals surface area contributed by atoms with E-state index in [-0.39, 0.29) is 5.69 Å². The second-order valence-electron chi connectivity index (χ2n) is 4.81. The molecular weight excluding hydrogens is 339 g/mol. The Morgan fingerprint density at radius 3 is 2.65 bits per heavy atom. The molecule has 2 N–H and O–H groups in total. The van der Waals surface area contributed by atoms with Crippen LogP contribution in [0.4, 0.5) is 18.9 Å². The summed E-state index contributed by atoms with van der Waals surface area (Å²) >= 11 is 3.13. The molecule has 3 nitrogen and oxygen atoms in total. The quantitative estimate of drug-likeness (QED) is 0.860. The van der Waals surface area contributed by atoms with E-state index in [9.17, 15) is 18.0 Å². The fraction of sp³-hybridized carbons (Fsp3) is 0.462. The van der Waals surface area contributed by atoms with Crippen LogP contribution in [-0.4, -0.2) is 17.1 Å². The maximum absolute atomic E-state index is 12.9. The van der Waals surface area contributed by atoms with Gasteiger partial charge in [0.15, 0.2) is 0 Å². The van der Waals surface area contributed by atoms with Gasteiger partial charge in [0, 0.05) is 16.2 Å². The van der Waals surface area contributed by atoms with Crippen molar-refractivity contribution < 1.29 is 23.1 Å². The van der Waals surface area contributed by atoms with Crippen molar-refractivity contribution in [3.8, 4) is 0 Å². The maximum atomic E-state index is 12.9. The lowest BCUT2D eigenvalue weighted by Gasteiger charge is -2.22. The third kappa shape index (κ3) is 3.26. The molecule has 0 radical (unpaired) electrons. The molecule has 1 aromatic rings. The van der Waals surface area contributed by atoms with E-state index in [2.05, 4.69) is 21.2 Å². The first-order valence-corrected chi connectivity index (χ1v) is 6.94. The van der Waals surface area contributed by atoms with E-state index in [0.29, 0.717) is 23.7 Å². The molecule has 2 rings (SSSR count). The van der Waals surface area contributed by atoms with Gasteiger partial charge in [0.2, 0.25) is 0 Å². The average molecular weight is 352 g/mol. The number of halogens is 4. The lowest BCUT2D eigenvalue weighted by Crippen LogP contribution is -2.30. The third-order valence-corrected chi connectivity index (χ3v) is 3.95. The van der Waals surface area contributed by atoms with Gasteiger partial charge in [0.05, 0.1) is 11.5 Å². The van der Waals surface area contributed by atoms with Crippen molar-refractivity contribution in [2.75, 3.05) is 5.32 Å². The minimum Gasteiger partial charge on any atom is -0.481 e. The van der Waals surface area contributed by atoms with Crippen LogP contribution in [0.5, 0.6) is 0 Å². The van der Waals surface area contributed by atoms with Gasteiger partial charge in [0.1, 0.15) is 0 Å². The smallest absolute Gasteiger partial charge is 0.418 e. The topological polar surface area (TPSA) is 49.3 Å². The Morgan fingerprint density at radius 1 is 1.35 bits per heavy atom. The molecule has 0 saturated heterocycles.